The number of ketones is 1. The Morgan fingerprint density at radius 2 is 1.93 bits per heavy atom. The molecule has 1 aromatic carbocycles. The molecule has 0 bridgehead atoms. The maximum atomic E-state index is 12.8. The first-order valence-electron chi connectivity index (χ1n) is 13.4. The van der Waals surface area contributed by atoms with Gasteiger partial charge in [-0.1, -0.05) is 31.4 Å². The topological polar surface area (TPSA) is 122 Å². The molecule has 204 valence electrons. The van der Waals surface area contributed by atoms with Crippen LogP contribution in [0.5, 0.6) is 0 Å². The number of hydrogen-bond acceptors (Lipinski definition) is 7. The van der Waals surface area contributed by atoms with Crippen molar-refractivity contribution in [3.8, 4) is 17.1 Å². The fourth-order valence-electron chi connectivity index (χ4n) is 5.86. The molecule has 0 unspecified atom stereocenters. The van der Waals surface area contributed by atoms with Crippen molar-refractivity contribution in [3.05, 3.63) is 76.8 Å². The molecule has 2 aliphatic rings. The fourth-order valence-corrected chi connectivity index (χ4v) is 6.73. The molecule has 3 heterocycles. The summed E-state index contributed by atoms with van der Waals surface area (Å²) in [7, 11) is 1.84. The lowest BCUT2D eigenvalue weighted by molar-refractivity contribution is -0.140. The molecule has 1 saturated carbocycles. The van der Waals surface area contributed by atoms with Crippen molar-refractivity contribution in [1.29, 1.82) is 0 Å². The predicted octanol–water partition coefficient (Wildman–Crippen LogP) is 5.25. The number of benzene rings is 1. The van der Waals surface area contributed by atoms with Gasteiger partial charge in [0.05, 0.1) is 15.6 Å². The number of halogens is 1. The van der Waals surface area contributed by atoms with Crippen LogP contribution in [0, 0.1) is 5.41 Å². The molecule has 6 rings (SSSR count). The van der Waals surface area contributed by atoms with E-state index in [4.69, 9.17) is 4.98 Å². The minimum absolute atomic E-state index is 0.0932. The second kappa shape index (κ2) is 10.5. The average Bonchev–Trinajstić information content (AvgIpc) is 3.39. The van der Waals surface area contributed by atoms with Gasteiger partial charge in [0, 0.05) is 49.0 Å². The Bertz CT molecular complexity index is 1640. The number of imidazole rings is 1. The van der Waals surface area contributed by atoms with E-state index < -0.39 is 17.4 Å². The first-order chi connectivity index (χ1) is 19.4. The van der Waals surface area contributed by atoms with Crippen LogP contribution < -0.4 is 10.6 Å². The number of nitrogens with one attached hydrogen (secondary N) is 2. The van der Waals surface area contributed by atoms with E-state index in [1.165, 1.54) is 0 Å². The SMILES string of the molecule is CNc1cncc(-c2nc3cccnc3n2-c2ccc(C[C@H](NC3=C(Br)C(=O)C34CCCCC4)C(=O)O)cc2)c1. The van der Waals surface area contributed by atoms with Gasteiger partial charge in [0.15, 0.2) is 11.4 Å². The number of carboxylic acid groups (broad SMARTS) is 1. The van der Waals surface area contributed by atoms with Crippen LogP contribution in [0.15, 0.2) is 71.2 Å². The Labute approximate surface area is 239 Å². The number of nitrogens with zero attached hydrogens (tertiary/aromatic N) is 4. The second-order valence-electron chi connectivity index (χ2n) is 10.4. The first-order valence-corrected chi connectivity index (χ1v) is 14.2. The number of fused-ring (bicyclic) bond motifs is 1. The van der Waals surface area contributed by atoms with Gasteiger partial charge in [-0.25, -0.2) is 14.8 Å². The molecule has 4 aromatic rings. The van der Waals surface area contributed by atoms with Gasteiger partial charge in [-0.2, -0.15) is 0 Å². The molecule has 10 heteroatoms. The van der Waals surface area contributed by atoms with E-state index in [9.17, 15) is 14.7 Å². The van der Waals surface area contributed by atoms with E-state index in [2.05, 4.69) is 36.5 Å². The van der Waals surface area contributed by atoms with E-state index in [0.717, 1.165) is 71.5 Å². The number of pyridine rings is 2. The zero-order valence-corrected chi connectivity index (χ0v) is 23.6. The van der Waals surface area contributed by atoms with Crippen LogP contribution in [0.1, 0.15) is 37.7 Å². The summed E-state index contributed by atoms with van der Waals surface area (Å²) in [5.74, 6) is -0.151. The highest BCUT2D eigenvalue weighted by Gasteiger charge is 2.53. The third-order valence-electron chi connectivity index (χ3n) is 7.99. The van der Waals surface area contributed by atoms with Gasteiger partial charge in [-0.15, -0.1) is 0 Å². The largest absolute Gasteiger partial charge is 0.480 e. The van der Waals surface area contributed by atoms with Crippen molar-refractivity contribution in [2.45, 2.75) is 44.6 Å². The molecular weight excluding hydrogens is 572 g/mol. The molecule has 0 saturated heterocycles. The molecule has 0 amide bonds. The fraction of sp³-hybridized carbons (Fsp3) is 0.300. The summed E-state index contributed by atoms with van der Waals surface area (Å²) in [6.07, 6.45) is 10.1. The van der Waals surface area contributed by atoms with Crippen LogP contribution in [0.4, 0.5) is 5.69 Å². The van der Waals surface area contributed by atoms with Crippen molar-refractivity contribution in [2.24, 2.45) is 5.41 Å². The molecule has 1 fully saturated rings. The standard InChI is InChI=1S/C30H29BrN6O3/c1-32-20-15-19(16-33-17-20)27-36-22-6-5-13-34-28(22)37(27)21-9-7-18(8-10-21)14-23(29(39)40)35-25-24(31)26(38)30(25)11-3-2-4-12-30/h5-10,13,15-17,23,32,35H,2-4,11-12,14H2,1H3,(H,39,40)/t23-/m0/s1. The van der Waals surface area contributed by atoms with Gasteiger partial charge in [0.1, 0.15) is 17.4 Å². The molecular formula is C30H29BrN6O3. The van der Waals surface area contributed by atoms with Crippen molar-refractivity contribution in [3.63, 3.8) is 0 Å². The van der Waals surface area contributed by atoms with Crippen molar-refractivity contribution in [1.82, 2.24) is 24.8 Å². The van der Waals surface area contributed by atoms with Crippen molar-refractivity contribution >= 4 is 44.5 Å². The summed E-state index contributed by atoms with van der Waals surface area (Å²) in [6.45, 7) is 0. The van der Waals surface area contributed by atoms with Gasteiger partial charge in [-0.05, 0) is 64.7 Å². The smallest absolute Gasteiger partial charge is 0.326 e. The van der Waals surface area contributed by atoms with Crippen LogP contribution in [-0.2, 0) is 16.0 Å². The number of allylic oxidation sites excluding steroid dienone is 2. The predicted molar refractivity (Wildman–Crippen MR) is 156 cm³/mol. The maximum Gasteiger partial charge on any atom is 0.326 e. The molecule has 0 aliphatic heterocycles. The summed E-state index contributed by atoms with van der Waals surface area (Å²) in [5.41, 5.74) is 5.10. The minimum Gasteiger partial charge on any atom is -0.480 e. The molecule has 40 heavy (non-hydrogen) atoms. The van der Waals surface area contributed by atoms with E-state index in [1.54, 1.807) is 18.6 Å². The number of aromatic nitrogens is 4. The highest BCUT2D eigenvalue weighted by atomic mass is 79.9. The molecule has 1 spiro atoms. The van der Waals surface area contributed by atoms with Crippen LogP contribution in [0.2, 0.25) is 0 Å². The summed E-state index contributed by atoms with van der Waals surface area (Å²) in [6, 6.07) is 12.7. The highest BCUT2D eigenvalue weighted by molar-refractivity contribution is 9.12. The van der Waals surface area contributed by atoms with Crippen molar-refractivity contribution < 1.29 is 14.7 Å². The Morgan fingerprint density at radius 1 is 1.15 bits per heavy atom. The Balaban J connectivity index is 1.29. The zero-order chi connectivity index (χ0) is 27.9. The third kappa shape index (κ3) is 4.46. The number of rotatable bonds is 8. The quantitative estimate of drug-likeness (QED) is 0.251. The zero-order valence-electron chi connectivity index (χ0n) is 22.0. The third-order valence-corrected chi connectivity index (χ3v) is 8.75. The number of Topliss-reactive ketones (excluding diaryl/α,β-unsaturated/α-hetero) is 1. The summed E-state index contributed by atoms with van der Waals surface area (Å²) < 4.78 is 2.47. The normalized spacial score (nSPS) is 17.1. The Hall–Kier alpha value is -4.05. The first kappa shape index (κ1) is 26.2. The molecule has 3 aromatic heterocycles. The highest BCUT2D eigenvalue weighted by Crippen LogP contribution is 2.53. The van der Waals surface area contributed by atoms with Gasteiger partial charge >= 0.3 is 5.97 Å². The van der Waals surface area contributed by atoms with E-state index >= 15 is 0 Å². The molecule has 2 aliphatic carbocycles. The lowest BCUT2D eigenvalue weighted by Crippen LogP contribution is -2.53. The number of aliphatic carboxylic acids is 1. The number of hydrogen-bond donors (Lipinski definition) is 3. The van der Waals surface area contributed by atoms with Crippen LogP contribution in [0.25, 0.3) is 28.2 Å². The average molecular weight is 602 g/mol. The molecule has 0 radical (unpaired) electrons. The summed E-state index contributed by atoms with van der Waals surface area (Å²) in [4.78, 5) is 38.8. The van der Waals surface area contributed by atoms with Gasteiger partial charge in [0.25, 0.3) is 0 Å². The van der Waals surface area contributed by atoms with Crippen LogP contribution >= 0.6 is 15.9 Å². The Kier molecular flexibility index (Phi) is 6.87. The van der Waals surface area contributed by atoms with E-state index in [1.807, 2.05) is 54.1 Å². The molecule has 9 nitrogen and oxygen atoms in total. The number of carboxylic acids is 1. The summed E-state index contributed by atoms with van der Waals surface area (Å²) >= 11 is 3.40. The van der Waals surface area contributed by atoms with Crippen LogP contribution in [-0.4, -0.2) is 49.5 Å². The lowest BCUT2D eigenvalue weighted by atomic mass is 9.62. The van der Waals surface area contributed by atoms with Crippen LogP contribution in [0.3, 0.4) is 0 Å². The second-order valence-corrected chi connectivity index (χ2v) is 11.2. The van der Waals surface area contributed by atoms with Gasteiger partial charge in [-0.3, -0.25) is 14.3 Å². The Morgan fingerprint density at radius 3 is 2.65 bits per heavy atom. The maximum absolute atomic E-state index is 12.8. The lowest BCUT2D eigenvalue weighted by Gasteiger charge is -2.46. The summed E-state index contributed by atoms with van der Waals surface area (Å²) in [5, 5.41) is 16.4. The van der Waals surface area contributed by atoms with Crippen molar-refractivity contribution in [2.75, 3.05) is 12.4 Å². The number of carbonyl (C=O) groups is 2. The number of anilines is 1. The molecule has 3 N–H and O–H groups in total. The monoisotopic (exact) mass is 600 g/mol. The van der Waals surface area contributed by atoms with Gasteiger partial charge < -0.3 is 15.7 Å². The van der Waals surface area contributed by atoms with E-state index in [-0.39, 0.29) is 12.2 Å². The molecule has 1 atom stereocenters. The van der Waals surface area contributed by atoms with Gasteiger partial charge in [0.2, 0.25) is 0 Å². The minimum atomic E-state index is -0.953. The number of carbonyl (C=O) groups excluding carboxylic acids is 1. The van der Waals surface area contributed by atoms with E-state index in [0.29, 0.717) is 10.3 Å².